The van der Waals surface area contributed by atoms with Crippen molar-refractivity contribution in [3.8, 4) is 11.1 Å². The Morgan fingerprint density at radius 1 is 1.03 bits per heavy atom. The first-order chi connectivity index (χ1) is 15.7. The largest absolute Gasteiger partial charge is 0.480 e. The van der Waals surface area contributed by atoms with Crippen molar-refractivity contribution in [3.63, 3.8) is 0 Å². The first-order valence-corrected chi connectivity index (χ1v) is 11.4. The molecular weight excluding hydrogens is 420 g/mol. The minimum atomic E-state index is -1.38. The first-order valence-electron chi connectivity index (χ1n) is 11.4. The molecule has 0 aliphatic heterocycles. The molecule has 0 unspecified atom stereocenters. The molecule has 2 amide bonds. The number of ether oxygens (including phenoxy) is 1. The Kier molecular flexibility index (Phi) is 7.74. The van der Waals surface area contributed by atoms with E-state index in [4.69, 9.17) is 4.74 Å². The van der Waals surface area contributed by atoms with Crippen LogP contribution in [-0.4, -0.2) is 41.3 Å². The summed E-state index contributed by atoms with van der Waals surface area (Å²) in [4.78, 5) is 36.3. The summed E-state index contributed by atoms with van der Waals surface area (Å²) in [6.45, 7) is 5.07. The maximum absolute atomic E-state index is 12.6. The normalized spacial score (nSPS) is 13.5. The highest BCUT2D eigenvalue weighted by Crippen LogP contribution is 2.44. The van der Waals surface area contributed by atoms with Crippen LogP contribution >= 0.6 is 0 Å². The minimum absolute atomic E-state index is 0.0130. The Bertz CT molecular complexity index is 972. The molecule has 2 aromatic carbocycles. The van der Waals surface area contributed by atoms with E-state index in [0.29, 0.717) is 6.42 Å². The molecule has 33 heavy (non-hydrogen) atoms. The second-order valence-corrected chi connectivity index (χ2v) is 8.99. The molecular formula is C26H32N2O5. The van der Waals surface area contributed by atoms with Gasteiger partial charge in [-0.3, -0.25) is 4.79 Å². The topological polar surface area (TPSA) is 105 Å². The van der Waals surface area contributed by atoms with Crippen molar-refractivity contribution < 1.29 is 24.2 Å². The highest BCUT2D eigenvalue weighted by Gasteiger charge is 2.31. The summed E-state index contributed by atoms with van der Waals surface area (Å²) in [7, 11) is 0. The molecule has 2 aromatic rings. The summed E-state index contributed by atoms with van der Waals surface area (Å²) >= 11 is 0. The molecule has 3 N–H and O–H groups in total. The number of carbonyl (C=O) groups is 3. The predicted molar refractivity (Wildman–Crippen MR) is 126 cm³/mol. The number of carbonyl (C=O) groups excluding carboxylic acids is 2. The molecule has 0 aromatic heterocycles. The van der Waals surface area contributed by atoms with Crippen LogP contribution in [0.5, 0.6) is 0 Å². The number of benzene rings is 2. The maximum atomic E-state index is 12.6. The fourth-order valence-electron chi connectivity index (χ4n) is 4.16. The van der Waals surface area contributed by atoms with Crippen LogP contribution in [0.3, 0.4) is 0 Å². The summed E-state index contributed by atoms with van der Waals surface area (Å²) in [6.07, 6.45) is 1.74. The summed E-state index contributed by atoms with van der Waals surface area (Å²) in [5, 5.41) is 14.5. The van der Waals surface area contributed by atoms with E-state index in [0.717, 1.165) is 35.1 Å². The Morgan fingerprint density at radius 3 is 2.15 bits per heavy atom. The van der Waals surface area contributed by atoms with E-state index in [9.17, 15) is 19.5 Å². The van der Waals surface area contributed by atoms with Gasteiger partial charge in [-0.25, -0.2) is 9.59 Å². The third kappa shape index (κ3) is 5.92. The van der Waals surface area contributed by atoms with Gasteiger partial charge in [-0.1, -0.05) is 68.3 Å². The number of rotatable bonds is 10. The Morgan fingerprint density at radius 2 is 1.61 bits per heavy atom. The standard InChI is InChI=1S/C26H32N2O5/c1-4-5-10-17(15-23(29)28-26(2,3)24(30)31)27-25(32)33-16-22-20-13-8-6-11-18(20)19-12-7-9-14-21(19)22/h6-9,11-14,17,22H,4-5,10,15-16H2,1-3H3,(H,27,32)(H,28,29)(H,30,31)/t17-/m1/s1. The van der Waals surface area contributed by atoms with E-state index in [1.165, 1.54) is 13.8 Å². The summed E-state index contributed by atoms with van der Waals surface area (Å²) in [5.74, 6) is -1.59. The number of aliphatic carboxylic acids is 1. The van der Waals surface area contributed by atoms with Crippen LogP contribution in [0.25, 0.3) is 11.1 Å². The van der Waals surface area contributed by atoms with Crippen molar-refractivity contribution in [2.24, 2.45) is 0 Å². The summed E-state index contributed by atoms with van der Waals surface area (Å²) < 4.78 is 5.59. The third-order valence-electron chi connectivity index (χ3n) is 5.99. The monoisotopic (exact) mass is 452 g/mol. The molecule has 7 heteroatoms. The van der Waals surface area contributed by atoms with Crippen LogP contribution in [0.4, 0.5) is 4.79 Å². The average Bonchev–Trinajstić information content (AvgIpc) is 3.09. The van der Waals surface area contributed by atoms with E-state index in [1.807, 2.05) is 31.2 Å². The van der Waals surface area contributed by atoms with Gasteiger partial charge in [0.25, 0.3) is 0 Å². The van der Waals surface area contributed by atoms with Gasteiger partial charge in [0.2, 0.25) is 5.91 Å². The van der Waals surface area contributed by atoms with Crippen LogP contribution in [0.15, 0.2) is 48.5 Å². The number of fused-ring (bicyclic) bond motifs is 3. The Labute approximate surface area is 194 Å². The smallest absolute Gasteiger partial charge is 0.407 e. The molecule has 0 saturated heterocycles. The molecule has 0 heterocycles. The number of carboxylic acid groups (broad SMARTS) is 1. The molecule has 3 rings (SSSR count). The molecule has 0 spiro atoms. The summed E-state index contributed by atoms with van der Waals surface area (Å²) in [5.41, 5.74) is 3.19. The number of alkyl carbamates (subject to hydrolysis) is 1. The van der Waals surface area contributed by atoms with Gasteiger partial charge in [-0.15, -0.1) is 0 Å². The third-order valence-corrected chi connectivity index (χ3v) is 5.99. The molecule has 1 aliphatic carbocycles. The number of amides is 2. The molecule has 0 saturated carbocycles. The zero-order chi connectivity index (χ0) is 24.0. The van der Waals surface area contributed by atoms with E-state index in [2.05, 4.69) is 34.9 Å². The minimum Gasteiger partial charge on any atom is -0.480 e. The van der Waals surface area contributed by atoms with E-state index in [-0.39, 0.29) is 18.9 Å². The Balaban J connectivity index is 1.62. The predicted octanol–water partition coefficient (Wildman–Crippen LogP) is 4.45. The van der Waals surface area contributed by atoms with Gasteiger partial charge >= 0.3 is 12.1 Å². The number of hydrogen-bond donors (Lipinski definition) is 3. The van der Waals surface area contributed by atoms with E-state index < -0.39 is 29.6 Å². The Hall–Kier alpha value is -3.35. The number of nitrogens with one attached hydrogen (secondary N) is 2. The highest BCUT2D eigenvalue weighted by molar-refractivity contribution is 5.86. The molecule has 7 nitrogen and oxygen atoms in total. The van der Waals surface area contributed by atoms with Gasteiger partial charge in [0.05, 0.1) is 0 Å². The van der Waals surface area contributed by atoms with Gasteiger partial charge in [0.15, 0.2) is 0 Å². The zero-order valence-corrected chi connectivity index (χ0v) is 19.4. The average molecular weight is 453 g/mol. The number of carboxylic acids is 1. The molecule has 176 valence electrons. The van der Waals surface area contributed by atoms with Crippen LogP contribution in [0, 0.1) is 0 Å². The lowest BCUT2D eigenvalue weighted by molar-refractivity contribution is -0.146. The zero-order valence-electron chi connectivity index (χ0n) is 19.4. The second kappa shape index (κ2) is 10.5. The van der Waals surface area contributed by atoms with Crippen molar-refractivity contribution in [1.82, 2.24) is 10.6 Å². The van der Waals surface area contributed by atoms with Crippen LogP contribution < -0.4 is 10.6 Å². The summed E-state index contributed by atoms with van der Waals surface area (Å²) in [6, 6.07) is 15.8. The van der Waals surface area contributed by atoms with Crippen molar-refractivity contribution in [2.75, 3.05) is 6.61 Å². The van der Waals surface area contributed by atoms with Crippen molar-refractivity contribution in [2.45, 2.75) is 64.0 Å². The van der Waals surface area contributed by atoms with Crippen molar-refractivity contribution >= 4 is 18.0 Å². The van der Waals surface area contributed by atoms with Crippen molar-refractivity contribution in [1.29, 1.82) is 0 Å². The molecule has 0 fully saturated rings. The lowest BCUT2D eigenvalue weighted by atomic mass is 9.98. The second-order valence-electron chi connectivity index (χ2n) is 8.99. The van der Waals surface area contributed by atoms with E-state index >= 15 is 0 Å². The lowest BCUT2D eigenvalue weighted by Crippen LogP contribution is -2.51. The van der Waals surface area contributed by atoms with Gasteiger partial charge in [0, 0.05) is 18.4 Å². The van der Waals surface area contributed by atoms with E-state index in [1.54, 1.807) is 0 Å². The fraction of sp³-hybridized carbons (Fsp3) is 0.423. The fourth-order valence-corrected chi connectivity index (χ4v) is 4.16. The van der Waals surface area contributed by atoms with Gasteiger partial charge in [-0.2, -0.15) is 0 Å². The molecule has 0 bridgehead atoms. The molecule has 1 aliphatic rings. The van der Waals surface area contributed by atoms with Gasteiger partial charge in [-0.05, 0) is 42.5 Å². The maximum Gasteiger partial charge on any atom is 0.407 e. The first kappa shape index (κ1) is 24.3. The number of hydrogen-bond acceptors (Lipinski definition) is 4. The SMILES string of the molecule is CCCC[C@H](CC(=O)NC(C)(C)C(=O)O)NC(=O)OCC1c2ccccc2-c2ccccc21. The molecule has 0 radical (unpaired) electrons. The molecule has 1 atom stereocenters. The van der Waals surface area contributed by atoms with Crippen LogP contribution in [0.1, 0.15) is 63.5 Å². The highest BCUT2D eigenvalue weighted by atomic mass is 16.5. The van der Waals surface area contributed by atoms with Crippen LogP contribution in [-0.2, 0) is 14.3 Å². The number of unbranched alkanes of at least 4 members (excludes halogenated alkanes) is 1. The quantitative estimate of drug-likeness (QED) is 0.494. The van der Waals surface area contributed by atoms with Gasteiger partial charge < -0.3 is 20.5 Å². The lowest BCUT2D eigenvalue weighted by Gasteiger charge is -2.24. The van der Waals surface area contributed by atoms with Crippen molar-refractivity contribution in [3.05, 3.63) is 59.7 Å². The van der Waals surface area contributed by atoms with Crippen LogP contribution in [0.2, 0.25) is 0 Å². The van der Waals surface area contributed by atoms with Gasteiger partial charge in [0.1, 0.15) is 12.1 Å².